The summed E-state index contributed by atoms with van der Waals surface area (Å²) < 4.78 is 10.7. The van der Waals surface area contributed by atoms with Crippen molar-refractivity contribution in [2.45, 2.75) is 49.9 Å². The zero-order valence-corrected chi connectivity index (χ0v) is 13.1. The summed E-state index contributed by atoms with van der Waals surface area (Å²) in [5.41, 5.74) is 6.75. The van der Waals surface area contributed by atoms with Crippen LogP contribution in [0.4, 0.5) is 0 Å². The van der Waals surface area contributed by atoms with Gasteiger partial charge in [-0.25, -0.2) is 0 Å². The van der Waals surface area contributed by atoms with Crippen molar-refractivity contribution in [3.8, 4) is 5.75 Å². The Labute approximate surface area is 135 Å². The molecule has 1 unspecified atom stereocenters. The zero-order valence-electron chi connectivity index (χ0n) is 13.1. The zero-order chi connectivity index (χ0) is 17.0. The molecule has 1 aromatic carbocycles. The number of nitrogens with two attached hydrogens (primary N) is 1. The molecule has 130 valence electrons. The molecule has 0 aromatic heterocycles. The minimum atomic E-state index is -1.81. The Morgan fingerprint density at radius 3 is 2.43 bits per heavy atom. The molecule has 6 N–H and O–H groups in total. The molecule has 1 aromatic rings. The van der Waals surface area contributed by atoms with Crippen LogP contribution in [-0.4, -0.2) is 63.8 Å². The normalized spacial score (nSPS) is 34.3. The van der Waals surface area contributed by atoms with Crippen molar-refractivity contribution in [2.24, 2.45) is 5.73 Å². The molecule has 0 aliphatic carbocycles. The summed E-state index contributed by atoms with van der Waals surface area (Å²) in [4.78, 5) is 0. The fourth-order valence-electron chi connectivity index (χ4n) is 2.72. The highest BCUT2D eigenvalue weighted by Gasteiger charge is 2.50. The molecule has 7 nitrogen and oxygen atoms in total. The minimum Gasteiger partial charge on any atom is -0.494 e. The van der Waals surface area contributed by atoms with Crippen LogP contribution in [0.3, 0.4) is 0 Å². The third-order valence-electron chi connectivity index (χ3n) is 4.16. The molecule has 0 bridgehead atoms. The topological polar surface area (TPSA) is 125 Å². The molecule has 1 heterocycles. The number of ether oxygens (including phenoxy) is 2. The molecule has 1 fully saturated rings. The third kappa shape index (κ3) is 4.00. The van der Waals surface area contributed by atoms with Gasteiger partial charge in [-0.3, -0.25) is 0 Å². The SMILES string of the molecule is CCOc1ccc(CCC2(O)O[C@H](CO)[C@@H](O)[C@H](O)[C@H]2N)cc1. The van der Waals surface area contributed by atoms with E-state index in [0.717, 1.165) is 11.3 Å². The van der Waals surface area contributed by atoms with E-state index in [2.05, 4.69) is 0 Å². The molecule has 23 heavy (non-hydrogen) atoms. The molecule has 0 spiro atoms. The second-order valence-corrected chi connectivity index (χ2v) is 5.77. The minimum absolute atomic E-state index is 0.127. The van der Waals surface area contributed by atoms with E-state index >= 15 is 0 Å². The first kappa shape index (κ1) is 18.1. The maximum atomic E-state index is 10.6. The summed E-state index contributed by atoms with van der Waals surface area (Å²) in [6.45, 7) is 1.98. The van der Waals surface area contributed by atoms with Crippen LogP contribution in [0.1, 0.15) is 18.9 Å². The van der Waals surface area contributed by atoms with Crippen LogP contribution in [0.5, 0.6) is 5.75 Å². The lowest BCUT2D eigenvalue weighted by Gasteiger charge is -2.46. The Bertz CT molecular complexity index is 494. The van der Waals surface area contributed by atoms with E-state index in [0.29, 0.717) is 13.0 Å². The van der Waals surface area contributed by atoms with Gasteiger partial charge in [-0.15, -0.1) is 0 Å². The van der Waals surface area contributed by atoms with E-state index in [-0.39, 0.29) is 6.42 Å². The molecule has 5 atom stereocenters. The van der Waals surface area contributed by atoms with Gasteiger partial charge in [0.25, 0.3) is 0 Å². The van der Waals surface area contributed by atoms with Crippen LogP contribution in [0.2, 0.25) is 0 Å². The smallest absolute Gasteiger partial charge is 0.184 e. The molecule has 2 rings (SSSR count). The molecule has 1 aliphatic heterocycles. The number of aliphatic hydroxyl groups is 4. The molecule has 0 saturated carbocycles. The van der Waals surface area contributed by atoms with Crippen molar-refractivity contribution in [1.82, 2.24) is 0 Å². The lowest BCUT2D eigenvalue weighted by molar-refractivity contribution is -0.316. The van der Waals surface area contributed by atoms with Gasteiger partial charge in [-0.1, -0.05) is 12.1 Å². The van der Waals surface area contributed by atoms with Crippen LogP contribution in [-0.2, 0) is 11.2 Å². The van der Waals surface area contributed by atoms with Crippen molar-refractivity contribution in [3.63, 3.8) is 0 Å². The highest BCUT2D eigenvalue weighted by Crippen LogP contribution is 2.30. The summed E-state index contributed by atoms with van der Waals surface area (Å²) in [7, 11) is 0. The molecule has 0 radical (unpaired) electrons. The van der Waals surface area contributed by atoms with Crippen LogP contribution in [0, 0.1) is 0 Å². The summed E-state index contributed by atoms with van der Waals surface area (Å²) in [6, 6.07) is 6.25. The first-order chi connectivity index (χ1) is 10.9. The monoisotopic (exact) mass is 327 g/mol. The Morgan fingerprint density at radius 1 is 1.22 bits per heavy atom. The standard InChI is InChI=1S/C16H25NO6/c1-2-22-11-5-3-10(4-6-11)7-8-16(21)15(17)14(20)13(19)12(9-18)23-16/h3-6,12-15,18-21H,2,7-9,17H2,1H3/t12-,13-,14+,15-,16?/m1/s1. The number of hydrogen-bond acceptors (Lipinski definition) is 7. The second-order valence-electron chi connectivity index (χ2n) is 5.77. The average molecular weight is 327 g/mol. The first-order valence-corrected chi connectivity index (χ1v) is 7.75. The van der Waals surface area contributed by atoms with Crippen molar-refractivity contribution in [2.75, 3.05) is 13.2 Å². The van der Waals surface area contributed by atoms with Gasteiger partial charge >= 0.3 is 0 Å². The van der Waals surface area contributed by atoms with Crippen molar-refractivity contribution in [1.29, 1.82) is 0 Å². The van der Waals surface area contributed by atoms with Gasteiger partial charge in [0.2, 0.25) is 0 Å². The van der Waals surface area contributed by atoms with Gasteiger partial charge in [-0.05, 0) is 31.0 Å². The van der Waals surface area contributed by atoms with Crippen molar-refractivity contribution < 1.29 is 29.9 Å². The highest BCUT2D eigenvalue weighted by atomic mass is 16.6. The summed E-state index contributed by atoms with van der Waals surface area (Å²) in [5, 5.41) is 39.5. The van der Waals surface area contributed by atoms with Gasteiger partial charge in [0.1, 0.15) is 24.1 Å². The number of benzene rings is 1. The fraction of sp³-hybridized carbons (Fsp3) is 0.625. The van der Waals surface area contributed by atoms with Gasteiger partial charge < -0.3 is 35.6 Å². The van der Waals surface area contributed by atoms with E-state index in [1.54, 1.807) is 0 Å². The van der Waals surface area contributed by atoms with E-state index in [1.165, 1.54) is 0 Å². The van der Waals surface area contributed by atoms with E-state index in [9.17, 15) is 20.4 Å². The lowest BCUT2D eigenvalue weighted by atomic mass is 9.87. The average Bonchev–Trinajstić information content (AvgIpc) is 2.56. The maximum absolute atomic E-state index is 10.6. The van der Waals surface area contributed by atoms with Crippen molar-refractivity contribution in [3.05, 3.63) is 29.8 Å². The van der Waals surface area contributed by atoms with Gasteiger partial charge in [0.05, 0.1) is 19.3 Å². The summed E-state index contributed by atoms with van der Waals surface area (Å²) in [6.07, 6.45) is -3.19. The number of hydrogen-bond donors (Lipinski definition) is 5. The van der Waals surface area contributed by atoms with Crippen LogP contribution < -0.4 is 10.5 Å². The Balaban J connectivity index is 2.02. The summed E-state index contributed by atoms with van der Waals surface area (Å²) in [5.74, 6) is -1.05. The first-order valence-electron chi connectivity index (χ1n) is 7.75. The maximum Gasteiger partial charge on any atom is 0.184 e. The Kier molecular flexibility index (Phi) is 5.96. The van der Waals surface area contributed by atoms with E-state index in [4.69, 9.17) is 15.2 Å². The van der Waals surface area contributed by atoms with Crippen molar-refractivity contribution >= 4 is 0 Å². The number of aliphatic hydroxyl groups excluding tert-OH is 3. The number of rotatable bonds is 6. The fourth-order valence-corrected chi connectivity index (χ4v) is 2.72. The second kappa shape index (κ2) is 7.57. The van der Waals surface area contributed by atoms with Gasteiger partial charge in [-0.2, -0.15) is 0 Å². The van der Waals surface area contributed by atoms with Crippen LogP contribution >= 0.6 is 0 Å². The Hall–Kier alpha value is -1.22. The Morgan fingerprint density at radius 2 is 1.87 bits per heavy atom. The number of aryl methyl sites for hydroxylation is 1. The lowest BCUT2D eigenvalue weighted by Crippen LogP contribution is -2.68. The predicted molar refractivity (Wildman–Crippen MR) is 82.8 cm³/mol. The quantitative estimate of drug-likeness (QED) is 0.461. The summed E-state index contributed by atoms with van der Waals surface area (Å²) >= 11 is 0. The molecule has 1 saturated heterocycles. The molecular formula is C16H25NO6. The third-order valence-corrected chi connectivity index (χ3v) is 4.16. The van der Waals surface area contributed by atoms with E-state index in [1.807, 2.05) is 31.2 Å². The molecule has 1 aliphatic rings. The molecule has 7 heteroatoms. The van der Waals surface area contributed by atoms with E-state index < -0.39 is 36.7 Å². The largest absolute Gasteiger partial charge is 0.494 e. The van der Waals surface area contributed by atoms with Gasteiger partial charge in [0, 0.05) is 6.42 Å². The van der Waals surface area contributed by atoms with Gasteiger partial charge in [0.15, 0.2) is 5.79 Å². The molecular weight excluding hydrogens is 302 g/mol. The highest BCUT2D eigenvalue weighted by molar-refractivity contribution is 5.27. The molecule has 0 amide bonds. The predicted octanol–water partition coefficient (Wildman–Crippen LogP) is -0.853. The van der Waals surface area contributed by atoms with Crippen LogP contribution in [0.15, 0.2) is 24.3 Å². The van der Waals surface area contributed by atoms with Crippen LogP contribution in [0.25, 0.3) is 0 Å².